The van der Waals surface area contributed by atoms with E-state index in [0.29, 0.717) is 5.76 Å². The molecule has 0 amide bonds. The summed E-state index contributed by atoms with van der Waals surface area (Å²) in [4.78, 5) is 0. The van der Waals surface area contributed by atoms with Crippen LogP contribution in [0.4, 0.5) is 0 Å². The average molecular weight is 168 g/mol. The van der Waals surface area contributed by atoms with Gasteiger partial charge in [0, 0.05) is 5.92 Å². The van der Waals surface area contributed by atoms with Gasteiger partial charge >= 0.3 is 0 Å². The lowest BCUT2D eigenvalue weighted by Crippen LogP contribution is -1.97. The molecule has 0 aliphatic rings. The maximum Gasteiger partial charge on any atom is 0.0979 e. The van der Waals surface area contributed by atoms with Crippen molar-refractivity contribution in [2.24, 2.45) is 5.92 Å². The molecule has 0 saturated heterocycles. The first-order chi connectivity index (χ1) is 5.50. The molecule has 0 aromatic carbocycles. The molecule has 0 aromatic rings. The maximum atomic E-state index is 9.63. The van der Waals surface area contributed by atoms with Crippen LogP contribution in [-0.4, -0.2) is 5.11 Å². The maximum absolute atomic E-state index is 9.63. The molecule has 0 heterocycles. The van der Waals surface area contributed by atoms with Crippen molar-refractivity contribution in [3.63, 3.8) is 0 Å². The lowest BCUT2D eigenvalue weighted by Gasteiger charge is -2.09. The molecule has 0 radical (unpaired) electrons. The van der Waals surface area contributed by atoms with Crippen molar-refractivity contribution in [3.8, 4) is 0 Å². The molecule has 0 aromatic heterocycles. The van der Waals surface area contributed by atoms with Crippen LogP contribution in [-0.2, 0) is 0 Å². The van der Waals surface area contributed by atoms with Crippen LogP contribution in [0.15, 0.2) is 23.0 Å². The van der Waals surface area contributed by atoms with E-state index in [2.05, 4.69) is 13.0 Å². The second-order valence-corrected chi connectivity index (χ2v) is 3.46. The lowest BCUT2D eigenvalue weighted by molar-refractivity contribution is 0.346. The first-order valence-electron chi connectivity index (χ1n) is 4.57. The highest BCUT2D eigenvalue weighted by Gasteiger charge is 2.05. The molecule has 0 spiro atoms. The summed E-state index contributed by atoms with van der Waals surface area (Å²) in [7, 11) is 0. The Morgan fingerprint density at radius 1 is 1.33 bits per heavy atom. The zero-order valence-corrected chi connectivity index (χ0v) is 8.81. The Balaban J connectivity index is 4.66. The molecule has 0 rings (SSSR count). The smallest absolute Gasteiger partial charge is 0.0979 e. The minimum atomic E-state index is 0.227. The van der Waals surface area contributed by atoms with Gasteiger partial charge in [-0.25, -0.2) is 0 Å². The molecule has 0 aliphatic carbocycles. The molecule has 12 heavy (non-hydrogen) atoms. The minimum Gasteiger partial charge on any atom is -0.512 e. The highest BCUT2D eigenvalue weighted by molar-refractivity contribution is 5.29. The Morgan fingerprint density at radius 2 is 1.83 bits per heavy atom. The molecule has 70 valence electrons. The first-order valence-corrected chi connectivity index (χ1v) is 4.57. The van der Waals surface area contributed by atoms with Crippen molar-refractivity contribution >= 4 is 0 Å². The third-order valence-electron chi connectivity index (χ3n) is 2.03. The topological polar surface area (TPSA) is 20.2 Å². The van der Waals surface area contributed by atoms with Gasteiger partial charge in [0.1, 0.15) is 0 Å². The van der Waals surface area contributed by atoms with Crippen LogP contribution in [0.2, 0.25) is 0 Å². The normalized spacial score (nSPS) is 15.0. The fourth-order valence-electron chi connectivity index (χ4n) is 1.09. The van der Waals surface area contributed by atoms with Gasteiger partial charge in [0.2, 0.25) is 0 Å². The Bertz CT molecular complexity index is 197. The molecule has 0 saturated carbocycles. The number of aliphatic hydroxyl groups is 1. The molecular weight excluding hydrogens is 148 g/mol. The number of aliphatic hydroxyl groups excluding tert-OH is 1. The van der Waals surface area contributed by atoms with Crippen LogP contribution in [0.25, 0.3) is 0 Å². The summed E-state index contributed by atoms with van der Waals surface area (Å²) in [5.74, 6) is 0.738. The van der Waals surface area contributed by atoms with E-state index in [1.165, 1.54) is 5.57 Å². The van der Waals surface area contributed by atoms with Crippen LogP contribution in [0.1, 0.15) is 41.0 Å². The molecule has 0 bridgehead atoms. The third kappa shape index (κ3) is 3.12. The van der Waals surface area contributed by atoms with Gasteiger partial charge in [0.15, 0.2) is 0 Å². The Morgan fingerprint density at radius 3 is 2.17 bits per heavy atom. The zero-order valence-electron chi connectivity index (χ0n) is 8.81. The highest BCUT2D eigenvalue weighted by atomic mass is 16.3. The lowest BCUT2D eigenvalue weighted by atomic mass is 10.0. The van der Waals surface area contributed by atoms with E-state index in [1.807, 2.05) is 27.7 Å². The summed E-state index contributed by atoms with van der Waals surface area (Å²) < 4.78 is 0. The fraction of sp³-hybridized carbons (Fsp3) is 0.636. The standard InChI is InChI=1S/C11H20O/c1-6-7-9(4)10(5)11(12)8(2)3/h7-8,12H,6H2,1-5H3/b9-7-,11-10+. The van der Waals surface area contributed by atoms with Gasteiger partial charge in [0.05, 0.1) is 5.76 Å². The first kappa shape index (κ1) is 11.3. The van der Waals surface area contributed by atoms with E-state index in [1.54, 1.807) is 0 Å². The summed E-state index contributed by atoms with van der Waals surface area (Å²) in [5.41, 5.74) is 2.20. The molecule has 1 N–H and O–H groups in total. The largest absolute Gasteiger partial charge is 0.512 e. The summed E-state index contributed by atoms with van der Waals surface area (Å²) in [5, 5.41) is 9.63. The van der Waals surface area contributed by atoms with E-state index < -0.39 is 0 Å². The van der Waals surface area contributed by atoms with E-state index in [9.17, 15) is 5.11 Å². The fourth-order valence-corrected chi connectivity index (χ4v) is 1.09. The Kier molecular flexibility index (Phi) is 4.72. The Labute approximate surface area is 75.8 Å². The average Bonchev–Trinajstić information content (AvgIpc) is 2.02. The SMILES string of the molecule is CC/C=C(C)\C(C)=C(\O)C(C)C. The summed E-state index contributed by atoms with van der Waals surface area (Å²) in [6, 6.07) is 0. The van der Waals surface area contributed by atoms with Gasteiger partial charge < -0.3 is 5.11 Å². The molecule has 0 atom stereocenters. The van der Waals surface area contributed by atoms with Crippen molar-refractivity contribution in [2.75, 3.05) is 0 Å². The van der Waals surface area contributed by atoms with Crippen LogP contribution < -0.4 is 0 Å². The minimum absolute atomic E-state index is 0.227. The van der Waals surface area contributed by atoms with Crippen LogP contribution in [0.5, 0.6) is 0 Å². The molecule has 1 nitrogen and oxygen atoms in total. The quantitative estimate of drug-likeness (QED) is 0.501. The van der Waals surface area contributed by atoms with Crippen LogP contribution in [0.3, 0.4) is 0 Å². The van der Waals surface area contributed by atoms with E-state index in [-0.39, 0.29) is 5.92 Å². The van der Waals surface area contributed by atoms with Crippen molar-refractivity contribution in [1.29, 1.82) is 0 Å². The van der Waals surface area contributed by atoms with E-state index in [0.717, 1.165) is 12.0 Å². The molecule has 0 aliphatic heterocycles. The van der Waals surface area contributed by atoms with Gasteiger partial charge in [-0.15, -0.1) is 0 Å². The zero-order chi connectivity index (χ0) is 9.72. The van der Waals surface area contributed by atoms with Gasteiger partial charge in [-0.3, -0.25) is 0 Å². The second kappa shape index (κ2) is 5.02. The Hall–Kier alpha value is -0.720. The number of hydrogen-bond acceptors (Lipinski definition) is 1. The van der Waals surface area contributed by atoms with E-state index in [4.69, 9.17) is 0 Å². The van der Waals surface area contributed by atoms with Gasteiger partial charge in [-0.05, 0) is 31.4 Å². The monoisotopic (exact) mass is 168 g/mol. The summed E-state index contributed by atoms with van der Waals surface area (Å²) in [6.45, 7) is 10.1. The van der Waals surface area contributed by atoms with Crippen molar-refractivity contribution < 1.29 is 5.11 Å². The number of rotatable bonds is 3. The van der Waals surface area contributed by atoms with Crippen LogP contribution >= 0.6 is 0 Å². The third-order valence-corrected chi connectivity index (χ3v) is 2.03. The predicted octanol–water partition coefficient (Wildman–Crippen LogP) is 3.83. The summed E-state index contributed by atoms with van der Waals surface area (Å²) >= 11 is 0. The number of allylic oxidation sites excluding steroid dienone is 4. The summed E-state index contributed by atoms with van der Waals surface area (Å²) in [6.07, 6.45) is 3.16. The molecule has 0 fully saturated rings. The van der Waals surface area contributed by atoms with Crippen molar-refractivity contribution in [1.82, 2.24) is 0 Å². The molecular formula is C11H20O. The van der Waals surface area contributed by atoms with Gasteiger partial charge in [-0.2, -0.15) is 0 Å². The predicted molar refractivity (Wildman–Crippen MR) is 54.2 cm³/mol. The second-order valence-electron chi connectivity index (χ2n) is 3.46. The van der Waals surface area contributed by atoms with Crippen LogP contribution in [0, 0.1) is 5.92 Å². The highest BCUT2D eigenvalue weighted by Crippen LogP contribution is 2.18. The van der Waals surface area contributed by atoms with Crippen molar-refractivity contribution in [2.45, 2.75) is 41.0 Å². The van der Waals surface area contributed by atoms with Crippen molar-refractivity contribution in [3.05, 3.63) is 23.0 Å². The van der Waals surface area contributed by atoms with E-state index >= 15 is 0 Å². The van der Waals surface area contributed by atoms with Gasteiger partial charge in [0.25, 0.3) is 0 Å². The van der Waals surface area contributed by atoms with Gasteiger partial charge in [-0.1, -0.05) is 26.8 Å². The molecule has 1 heteroatoms. The molecule has 0 unspecified atom stereocenters. The number of hydrogen-bond donors (Lipinski definition) is 1.